The molecule has 1 unspecified atom stereocenters. The molecule has 0 amide bonds. The highest BCUT2D eigenvalue weighted by Crippen LogP contribution is 2.67. The van der Waals surface area contributed by atoms with Gasteiger partial charge in [0.2, 0.25) is 0 Å². The van der Waals surface area contributed by atoms with Crippen molar-refractivity contribution < 1.29 is 24.0 Å². The molecule has 0 aromatic heterocycles. The average Bonchev–Trinajstić information content (AvgIpc) is 3.61. The molecule has 2 aromatic rings. The van der Waals surface area contributed by atoms with Crippen molar-refractivity contribution in [1.82, 2.24) is 0 Å². The summed E-state index contributed by atoms with van der Waals surface area (Å²) in [6, 6.07) is 13.4. The summed E-state index contributed by atoms with van der Waals surface area (Å²) in [7, 11) is 0. The zero-order valence-corrected chi connectivity index (χ0v) is 19.4. The molecule has 5 atom stereocenters. The van der Waals surface area contributed by atoms with Gasteiger partial charge >= 0.3 is 0 Å². The predicted octanol–water partition coefficient (Wildman–Crippen LogP) is 4.15. The Labute approximate surface area is 199 Å². The zero-order valence-electron chi connectivity index (χ0n) is 19.4. The van der Waals surface area contributed by atoms with Crippen molar-refractivity contribution in [2.75, 3.05) is 13.1 Å². The molecule has 3 fully saturated rings. The number of nitrogens with zero attached hydrogens (tertiary/aromatic N) is 1. The van der Waals surface area contributed by atoms with Crippen LogP contribution in [0.25, 0.3) is 0 Å². The number of phenolic OH excluding ortho intramolecular Hbond substituents is 1. The van der Waals surface area contributed by atoms with Crippen LogP contribution in [0.2, 0.25) is 0 Å². The fraction of sp³-hybridized carbons (Fsp3) is 0.536. The summed E-state index contributed by atoms with van der Waals surface area (Å²) in [6.45, 7) is 1.48. The van der Waals surface area contributed by atoms with Crippen LogP contribution in [0.5, 0.6) is 11.5 Å². The molecule has 2 heterocycles. The summed E-state index contributed by atoms with van der Waals surface area (Å²) in [5.74, 6) is 1.27. The quantitative estimate of drug-likeness (QED) is 0.516. The Bertz CT molecular complexity index is 1160. The summed E-state index contributed by atoms with van der Waals surface area (Å²) in [5, 5.41) is 25.3. The second-order valence-electron chi connectivity index (χ2n) is 11.1. The van der Waals surface area contributed by atoms with E-state index in [1.165, 1.54) is 12.8 Å². The van der Waals surface area contributed by atoms with E-state index in [-0.39, 0.29) is 22.2 Å². The standard InChI is InChI=1S/C28H31NO5/c30-21-9-8-20-16-23-28(33-17-19-4-2-1-3-5-19)12-10-22(31)26-27(28,24(20)25(21)34-26)13-15-29(23,32)14-11-18-6-7-18/h1-5,8-9,18,23,26,30H,6-7,10-17H2/t23-,26+,27+,28?,29+/m1/s1. The SMILES string of the molecule is O=C1CCC2(OCc3ccccc3)[C@H]3Cc4ccc(O)c5c4[C@@]2(CC[N@@+]3([O-])CCC2CC2)[C@H]1O5. The summed E-state index contributed by atoms with van der Waals surface area (Å²) >= 11 is 0. The van der Waals surface area contributed by atoms with Crippen LogP contribution in [-0.4, -0.2) is 46.4 Å². The Hall–Kier alpha value is -2.41. The lowest BCUT2D eigenvalue weighted by atomic mass is 9.48. The molecular weight excluding hydrogens is 430 g/mol. The summed E-state index contributed by atoms with van der Waals surface area (Å²) in [4.78, 5) is 13.3. The number of hydrogen-bond acceptors (Lipinski definition) is 5. The Morgan fingerprint density at radius 2 is 1.97 bits per heavy atom. The number of ketones is 1. The minimum absolute atomic E-state index is 0.0602. The second kappa shape index (κ2) is 7.06. The largest absolute Gasteiger partial charge is 0.633 e. The number of carbonyl (C=O) groups excluding carboxylic acids is 1. The molecule has 2 bridgehead atoms. The fourth-order valence-electron chi connectivity index (χ4n) is 7.71. The molecule has 1 spiro atoms. The van der Waals surface area contributed by atoms with E-state index in [0.717, 1.165) is 23.1 Å². The van der Waals surface area contributed by atoms with Crippen LogP contribution in [0.3, 0.4) is 0 Å². The minimum atomic E-state index is -0.795. The highest BCUT2D eigenvalue weighted by atomic mass is 16.6. The summed E-state index contributed by atoms with van der Waals surface area (Å²) in [5.41, 5.74) is 1.52. The molecule has 2 aromatic carbocycles. The van der Waals surface area contributed by atoms with E-state index < -0.39 is 17.1 Å². The van der Waals surface area contributed by atoms with Gasteiger partial charge in [-0.25, -0.2) is 0 Å². The van der Waals surface area contributed by atoms with Gasteiger partial charge in [0.25, 0.3) is 0 Å². The van der Waals surface area contributed by atoms with Crippen LogP contribution in [0.4, 0.5) is 0 Å². The van der Waals surface area contributed by atoms with Gasteiger partial charge in [-0.05, 0) is 48.8 Å². The fourth-order valence-corrected chi connectivity index (χ4v) is 7.71. The van der Waals surface area contributed by atoms with E-state index in [1.807, 2.05) is 36.4 Å². The first-order chi connectivity index (χ1) is 16.5. The highest BCUT2D eigenvalue weighted by Gasteiger charge is 2.77. The number of Topliss-reactive ketones (excluding diaryl/α,β-unsaturated/α-hetero) is 1. The van der Waals surface area contributed by atoms with Crippen LogP contribution < -0.4 is 4.74 Å². The number of benzene rings is 2. The number of piperidine rings is 1. The van der Waals surface area contributed by atoms with Gasteiger partial charge < -0.3 is 24.4 Å². The molecule has 0 radical (unpaired) electrons. The molecular formula is C28H31NO5. The third kappa shape index (κ3) is 2.65. The van der Waals surface area contributed by atoms with Gasteiger partial charge in [0.1, 0.15) is 11.6 Å². The van der Waals surface area contributed by atoms with E-state index in [1.54, 1.807) is 6.07 Å². The third-order valence-electron chi connectivity index (χ3n) is 9.50. The first kappa shape index (κ1) is 20.9. The lowest BCUT2D eigenvalue weighted by molar-refractivity contribution is -0.923. The molecule has 6 nitrogen and oxygen atoms in total. The maximum Gasteiger partial charge on any atom is 0.174 e. The van der Waals surface area contributed by atoms with Gasteiger partial charge in [0, 0.05) is 24.8 Å². The molecule has 1 saturated heterocycles. The van der Waals surface area contributed by atoms with Gasteiger partial charge in [-0.3, -0.25) is 4.79 Å². The van der Waals surface area contributed by atoms with Crippen molar-refractivity contribution >= 4 is 5.78 Å². The van der Waals surface area contributed by atoms with Crippen molar-refractivity contribution in [2.45, 2.75) is 74.7 Å². The van der Waals surface area contributed by atoms with Crippen molar-refractivity contribution in [1.29, 1.82) is 0 Å². The van der Waals surface area contributed by atoms with Crippen LogP contribution in [0.15, 0.2) is 42.5 Å². The smallest absolute Gasteiger partial charge is 0.174 e. The second-order valence-corrected chi connectivity index (χ2v) is 11.1. The summed E-state index contributed by atoms with van der Waals surface area (Å²) in [6.07, 6.45) is 4.76. The van der Waals surface area contributed by atoms with E-state index in [4.69, 9.17) is 9.47 Å². The van der Waals surface area contributed by atoms with Crippen molar-refractivity contribution in [3.8, 4) is 11.5 Å². The molecule has 2 aliphatic heterocycles. The lowest BCUT2D eigenvalue weighted by Gasteiger charge is -2.68. The highest BCUT2D eigenvalue weighted by molar-refractivity contribution is 5.90. The first-order valence-corrected chi connectivity index (χ1v) is 12.8. The Kier molecular flexibility index (Phi) is 4.34. The molecule has 7 rings (SSSR count). The number of ether oxygens (including phenoxy) is 2. The molecule has 6 heteroatoms. The van der Waals surface area contributed by atoms with Crippen molar-refractivity contribution in [3.63, 3.8) is 0 Å². The Balaban J connectivity index is 1.40. The van der Waals surface area contributed by atoms with E-state index in [2.05, 4.69) is 0 Å². The Morgan fingerprint density at radius 3 is 2.76 bits per heavy atom. The van der Waals surface area contributed by atoms with Gasteiger partial charge in [0.05, 0.1) is 25.1 Å². The molecule has 5 aliphatic rings. The number of rotatable bonds is 6. The number of phenols is 1. The lowest BCUT2D eigenvalue weighted by Crippen LogP contribution is -2.81. The van der Waals surface area contributed by atoms with Crippen LogP contribution >= 0.6 is 0 Å². The van der Waals surface area contributed by atoms with Crippen LogP contribution in [0, 0.1) is 11.1 Å². The van der Waals surface area contributed by atoms with E-state index >= 15 is 0 Å². The number of carbonyl (C=O) groups is 1. The monoisotopic (exact) mass is 461 g/mol. The van der Waals surface area contributed by atoms with Gasteiger partial charge in [-0.15, -0.1) is 0 Å². The number of hydroxylamine groups is 3. The Morgan fingerprint density at radius 1 is 1.15 bits per heavy atom. The van der Waals surface area contributed by atoms with Gasteiger partial charge in [-0.1, -0.05) is 36.4 Å². The van der Waals surface area contributed by atoms with Crippen molar-refractivity contribution in [3.05, 3.63) is 64.4 Å². The van der Waals surface area contributed by atoms with Gasteiger partial charge in [0.15, 0.2) is 23.4 Å². The number of likely N-dealkylation sites (tertiary alicyclic amines) is 1. The average molecular weight is 462 g/mol. The number of aromatic hydroxyl groups is 1. The maximum atomic E-state index is 14.6. The van der Waals surface area contributed by atoms with E-state index in [0.29, 0.717) is 57.0 Å². The normalized spacial score (nSPS) is 37.3. The van der Waals surface area contributed by atoms with Crippen LogP contribution in [-0.2, 0) is 28.0 Å². The minimum Gasteiger partial charge on any atom is -0.633 e. The van der Waals surface area contributed by atoms with E-state index in [9.17, 15) is 15.1 Å². The zero-order chi connectivity index (χ0) is 23.1. The van der Waals surface area contributed by atoms with Crippen molar-refractivity contribution in [2.24, 2.45) is 5.92 Å². The topological polar surface area (TPSA) is 78.8 Å². The molecule has 178 valence electrons. The van der Waals surface area contributed by atoms with Gasteiger partial charge in [-0.2, -0.15) is 0 Å². The third-order valence-corrected chi connectivity index (χ3v) is 9.50. The first-order valence-electron chi connectivity index (χ1n) is 12.8. The molecule has 3 aliphatic carbocycles. The predicted molar refractivity (Wildman–Crippen MR) is 125 cm³/mol. The number of hydrogen-bond donors (Lipinski definition) is 1. The van der Waals surface area contributed by atoms with Crippen LogP contribution in [0.1, 0.15) is 55.2 Å². The number of quaternary nitrogens is 1. The molecule has 34 heavy (non-hydrogen) atoms. The summed E-state index contributed by atoms with van der Waals surface area (Å²) < 4.78 is 13.0. The molecule has 1 N–H and O–H groups in total. The maximum absolute atomic E-state index is 14.6. The molecule has 2 saturated carbocycles.